The van der Waals surface area contributed by atoms with E-state index in [4.69, 9.17) is 11.6 Å². The highest BCUT2D eigenvalue weighted by Crippen LogP contribution is 2.41. The van der Waals surface area contributed by atoms with E-state index < -0.39 is 15.1 Å². The van der Waals surface area contributed by atoms with Crippen LogP contribution >= 0.6 is 11.6 Å². The highest BCUT2D eigenvalue weighted by molar-refractivity contribution is 7.93. The highest BCUT2D eigenvalue weighted by Gasteiger charge is 2.45. The Morgan fingerprint density at radius 2 is 1.70 bits per heavy atom. The summed E-state index contributed by atoms with van der Waals surface area (Å²) in [7, 11) is -3.67. The van der Waals surface area contributed by atoms with Gasteiger partial charge in [0.15, 0.2) is 20.9 Å². The van der Waals surface area contributed by atoms with Crippen molar-refractivity contribution in [1.29, 1.82) is 0 Å². The first-order valence-corrected chi connectivity index (χ1v) is 7.98. The van der Waals surface area contributed by atoms with Gasteiger partial charge in [0.2, 0.25) is 0 Å². The smallest absolute Gasteiger partial charge is 0.193 e. The summed E-state index contributed by atoms with van der Waals surface area (Å²) in [5.74, 6) is -0.369. The Labute approximate surface area is 122 Å². The van der Waals surface area contributed by atoms with Crippen molar-refractivity contribution in [1.82, 2.24) is 0 Å². The molecule has 0 radical (unpaired) electrons. The Morgan fingerprint density at radius 3 is 2.35 bits per heavy atom. The third-order valence-corrected chi connectivity index (χ3v) is 5.76. The summed E-state index contributed by atoms with van der Waals surface area (Å²) < 4.78 is 25.1. The molecule has 1 unspecified atom stereocenters. The van der Waals surface area contributed by atoms with Crippen LogP contribution in [0.15, 0.2) is 47.4 Å². The normalized spacial score (nSPS) is 19.9. The van der Waals surface area contributed by atoms with Gasteiger partial charge in [-0.2, -0.15) is 0 Å². The molecule has 0 fully saturated rings. The highest BCUT2D eigenvalue weighted by atomic mass is 35.5. The number of rotatable bonds is 1. The molecule has 1 aliphatic rings. The van der Waals surface area contributed by atoms with Crippen LogP contribution in [0, 0.1) is 6.92 Å². The van der Waals surface area contributed by atoms with E-state index >= 15 is 0 Å². The summed E-state index contributed by atoms with van der Waals surface area (Å²) in [6, 6.07) is 11.2. The molecule has 1 heterocycles. The topological polar surface area (TPSA) is 51.2 Å². The number of benzene rings is 2. The van der Waals surface area contributed by atoms with Gasteiger partial charge in [-0.15, -0.1) is 0 Å². The zero-order chi connectivity index (χ0) is 14.5. The van der Waals surface area contributed by atoms with Crippen LogP contribution in [0.3, 0.4) is 0 Å². The molecule has 1 aliphatic heterocycles. The van der Waals surface area contributed by atoms with Crippen LogP contribution < -0.4 is 0 Å². The number of fused-ring (bicyclic) bond motifs is 1. The third kappa shape index (κ3) is 1.87. The quantitative estimate of drug-likeness (QED) is 0.811. The molecule has 0 saturated heterocycles. The standard InChI is InChI=1S/C15H11ClO3S/c1-9-2-7-13-12(8-9)14(17)15(20(13,18)19)10-3-5-11(16)6-4-10/h2-8,15H,1H3. The molecule has 0 N–H and O–H groups in total. The lowest BCUT2D eigenvalue weighted by Gasteiger charge is -2.08. The number of hydrogen-bond donors (Lipinski definition) is 0. The lowest BCUT2D eigenvalue weighted by molar-refractivity contribution is 0.0990. The summed E-state index contributed by atoms with van der Waals surface area (Å²) in [6.45, 7) is 1.83. The van der Waals surface area contributed by atoms with Gasteiger partial charge in [0.05, 0.1) is 4.90 Å². The molecule has 0 saturated carbocycles. The fourth-order valence-corrected chi connectivity index (χ4v) is 4.49. The van der Waals surface area contributed by atoms with E-state index in [1.165, 1.54) is 6.07 Å². The molecule has 0 bridgehead atoms. The fraction of sp³-hybridized carbons (Fsp3) is 0.133. The molecule has 0 amide bonds. The van der Waals surface area contributed by atoms with E-state index in [0.717, 1.165) is 5.56 Å². The molecule has 0 aliphatic carbocycles. The molecule has 0 aromatic heterocycles. The van der Waals surface area contributed by atoms with Gasteiger partial charge in [-0.1, -0.05) is 35.4 Å². The molecular formula is C15H11ClO3S. The molecule has 1 atom stereocenters. The second-order valence-electron chi connectivity index (χ2n) is 4.84. The maximum Gasteiger partial charge on any atom is 0.193 e. The molecule has 20 heavy (non-hydrogen) atoms. The Morgan fingerprint density at radius 1 is 1.05 bits per heavy atom. The van der Waals surface area contributed by atoms with Crippen LogP contribution in [0.4, 0.5) is 0 Å². The van der Waals surface area contributed by atoms with Crippen LogP contribution in [0.5, 0.6) is 0 Å². The summed E-state index contributed by atoms with van der Waals surface area (Å²) >= 11 is 5.80. The fourth-order valence-electron chi connectivity index (χ4n) is 2.46. The van der Waals surface area contributed by atoms with E-state index in [0.29, 0.717) is 10.6 Å². The Hall–Kier alpha value is -1.65. The number of aryl methyl sites for hydroxylation is 1. The van der Waals surface area contributed by atoms with Crippen molar-refractivity contribution in [2.45, 2.75) is 17.1 Å². The van der Waals surface area contributed by atoms with E-state index in [2.05, 4.69) is 0 Å². The molecule has 5 heteroatoms. The molecule has 2 aromatic carbocycles. The van der Waals surface area contributed by atoms with Crippen LogP contribution in [0.1, 0.15) is 26.7 Å². The number of Topliss-reactive ketones (excluding diaryl/α,β-unsaturated/α-hetero) is 1. The van der Waals surface area contributed by atoms with Crippen molar-refractivity contribution in [3.63, 3.8) is 0 Å². The second-order valence-corrected chi connectivity index (χ2v) is 7.28. The van der Waals surface area contributed by atoms with E-state index in [1.54, 1.807) is 36.4 Å². The monoisotopic (exact) mass is 306 g/mol. The minimum atomic E-state index is -3.67. The number of sulfone groups is 1. The zero-order valence-corrected chi connectivity index (χ0v) is 12.2. The van der Waals surface area contributed by atoms with E-state index in [1.807, 2.05) is 6.92 Å². The molecule has 0 spiro atoms. The number of carbonyl (C=O) groups excluding carboxylic acids is 1. The SMILES string of the molecule is Cc1ccc2c(c1)C(=O)C(c1ccc(Cl)cc1)S2(=O)=O. The molecule has 102 valence electrons. The average Bonchev–Trinajstić information content (AvgIpc) is 2.58. The van der Waals surface area contributed by atoms with Crippen LogP contribution in [0.2, 0.25) is 5.02 Å². The van der Waals surface area contributed by atoms with Gasteiger partial charge in [-0.3, -0.25) is 4.79 Å². The number of hydrogen-bond acceptors (Lipinski definition) is 3. The lowest BCUT2D eigenvalue weighted by Crippen LogP contribution is -2.13. The Balaban J connectivity index is 2.21. The molecular weight excluding hydrogens is 296 g/mol. The van der Waals surface area contributed by atoms with Crippen molar-refractivity contribution in [3.8, 4) is 0 Å². The van der Waals surface area contributed by atoms with Gasteiger partial charge in [0.25, 0.3) is 0 Å². The van der Waals surface area contributed by atoms with Crippen LogP contribution in [-0.2, 0) is 9.84 Å². The predicted octanol–water partition coefficient (Wildman–Crippen LogP) is 3.36. The van der Waals surface area contributed by atoms with Crippen molar-refractivity contribution in [2.75, 3.05) is 0 Å². The number of carbonyl (C=O) groups is 1. The maximum atomic E-state index is 12.5. The zero-order valence-electron chi connectivity index (χ0n) is 10.6. The van der Waals surface area contributed by atoms with Crippen LogP contribution in [-0.4, -0.2) is 14.2 Å². The Bertz CT molecular complexity index is 808. The number of ketones is 1. The van der Waals surface area contributed by atoms with Crippen molar-refractivity contribution in [3.05, 3.63) is 64.2 Å². The molecule has 3 rings (SSSR count). The molecule has 2 aromatic rings. The first kappa shape index (κ1) is 13.3. The Kier molecular flexibility index (Phi) is 2.96. The van der Waals surface area contributed by atoms with Crippen LogP contribution in [0.25, 0.3) is 0 Å². The molecule has 3 nitrogen and oxygen atoms in total. The van der Waals surface area contributed by atoms with Gasteiger partial charge >= 0.3 is 0 Å². The van der Waals surface area contributed by atoms with Crippen molar-refractivity contribution >= 4 is 27.2 Å². The number of halogens is 1. The summed E-state index contributed by atoms with van der Waals surface area (Å²) in [5.41, 5.74) is 1.60. The summed E-state index contributed by atoms with van der Waals surface area (Å²) in [5, 5.41) is -0.651. The maximum absolute atomic E-state index is 12.5. The van der Waals surface area contributed by atoms with E-state index in [9.17, 15) is 13.2 Å². The summed E-state index contributed by atoms with van der Waals surface area (Å²) in [6.07, 6.45) is 0. The van der Waals surface area contributed by atoms with Gasteiger partial charge in [-0.05, 0) is 36.8 Å². The largest absolute Gasteiger partial charge is 0.292 e. The summed E-state index contributed by atoms with van der Waals surface area (Å²) in [4.78, 5) is 12.6. The minimum absolute atomic E-state index is 0.119. The van der Waals surface area contributed by atoms with Gasteiger partial charge < -0.3 is 0 Å². The van der Waals surface area contributed by atoms with Crippen molar-refractivity contribution < 1.29 is 13.2 Å². The lowest BCUT2D eigenvalue weighted by atomic mass is 10.0. The van der Waals surface area contributed by atoms with E-state index in [-0.39, 0.29) is 16.2 Å². The van der Waals surface area contributed by atoms with Gasteiger partial charge in [0, 0.05) is 10.6 Å². The van der Waals surface area contributed by atoms with Crippen molar-refractivity contribution in [2.24, 2.45) is 0 Å². The third-order valence-electron chi connectivity index (χ3n) is 3.43. The predicted molar refractivity (Wildman–Crippen MR) is 76.9 cm³/mol. The first-order chi connectivity index (χ1) is 9.41. The average molecular weight is 307 g/mol. The second kappa shape index (κ2) is 4.43. The first-order valence-electron chi connectivity index (χ1n) is 6.05. The minimum Gasteiger partial charge on any atom is -0.292 e. The van der Waals surface area contributed by atoms with Gasteiger partial charge in [0.1, 0.15) is 0 Å². The van der Waals surface area contributed by atoms with Gasteiger partial charge in [-0.25, -0.2) is 8.42 Å².